The lowest BCUT2D eigenvalue weighted by Crippen LogP contribution is -1.99. The highest BCUT2D eigenvalue weighted by Gasteiger charge is 2.16. The van der Waals surface area contributed by atoms with Gasteiger partial charge in [0.05, 0.1) is 0 Å². The van der Waals surface area contributed by atoms with Gasteiger partial charge in [0.1, 0.15) is 0 Å². The van der Waals surface area contributed by atoms with Gasteiger partial charge in [-0.1, -0.05) is 97.1 Å². The van der Waals surface area contributed by atoms with E-state index in [2.05, 4.69) is 82.8 Å². The molecule has 33 heavy (non-hydrogen) atoms. The molecule has 6 aromatic rings. The zero-order valence-electron chi connectivity index (χ0n) is 17.6. The number of fused-ring (bicyclic) bond motifs is 2. The van der Waals surface area contributed by atoms with Crippen LogP contribution in [0.5, 0.6) is 0 Å². The van der Waals surface area contributed by atoms with Crippen LogP contribution in [-0.4, -0.2) is 15.0 Å². The van der Waals surface area contributed by atoms with Crippen molar-refractivity contribution in [3.63, 3.8) is 0 Å². The average Bonchev–Trinajstić information content (AvgIpc) is 2.88. The summed E-state index contributed by atoms with van der Waals surface area (Å²) in [5, 5.41) is 4.78. The molecule has 0 spiro atoms. The van der Waals surface area contributed by atoms with Crippen LogP contribution >= 0.6 is 11.6 Å². The molecule has 0 bridgehead atoms. The molecule has 156 valence electrons. The summed E-state index contributed by atoms with van der Waals surface area (Å²) in [5.74, 6) is 1.12. The molecule has 0 aliphatic heterocycles. The first-order valence-corrected chi connectivity index (χ1v) is 11.1. The Kier molecular flexibility index (Phi) is 4.82. The van der Waals surface area contributed by atoms with Gasteiger partial charge in [-0.05, 0) is 50.8 Å². The van der Waals surface area contributed by atoms with Gasteiger partial charge < -0.3 is 0 Å². The third kappa shape index (κ3) is 3.63. The number of benzene rings is 5. The molecule has 6 rings (SSSR count). The maximum Gasteiger partial charge on any atom is 0.226 e. The minimum absolute atomic E-state index is 0.176. The Labute approximate surface area is 196 Å². The van der Waals surface area contributed by atoms with E-state index in [4.69, 9.17) is 16.6 Å². The molecule has 1 heterocycles. The number of rotatable bonds is 3. The standard InChI is InChI=1S/C29H18ClN3/c30-29-32-27(23-15-14-19-8-4-5-12-22(19)18-23)31-28(33-29)25-17-16-20-9-6-7-13-24(20)26(25)21-10-2-1-3-11-21/h1-18H. The van der Waals surface area contributed by atoms with E-state index in [9.17, 15) is 0 Å². The lowest BCUT2D eigenvalue weighted by Gasteiger charge is -2.14. The molecule has 0 aliphatic carbocycles. The van der Waals surface area contributed by atoms with E-state index in [1.54, 1.807) is 0 Å². The predicted molar refractivity (Wildman–Crippen MR) is 136 cm³/mol. The van der Waals surface area contributed by atoms with Crippen LogP contribution < -0.4 is 0 Å². The van der Waals surface area contributed by atoms with Gasteiger partial charge in [0.15, 0.2) is 11.6 Å². The van der Waals surface area contributed by atoms with Crippen molar-refractivity contribution in [3.05, 3.63) is 114 Å². The summed E-state index contributed by atoms with van der Waals surface area (Å²) in [5.41, 5.74) is 4.01. The maximum absolute atomic E-state index is 6.42. The highest BCUT2D eigenvalue weighted by Crippen LogP contribution is 2.37. The van der Waals surface area contributed by atoms with Crippen LogP contribution in [-0.2, 0) is 0 Å². The van der Waals surface area contributed by atoms with Crippen molar-refractivity contribution >= 4 is 33.1 Å². The van der Waals surface area contributed by atoms with Gasteiger partial charge in [-0.25, -0.2) is 4.98 Å². The van der Waals surface area contributed by atoms with E-state index in [0.29, 0.717) is 11.6 Å². The second kappa shape index (κ2) is 8.12. The fraction of sp³-hybridized carbons (Fsp3) is 0. The molecule has 0 fully saturated rings. The molecule has 4 heteroatoms. The van der Waals surface area contributed by atoms with Gasteiger partial charge in [-0.15, -0.1) is 0 Å². The first-order chi connectivity index (χ1) is 16.3. The van der Waals surface area contributed by atoms with Crippen LogP contribution in [0.4, 0.5) is 0 Å². The van der Waals surface area contributed by atoms with Crippen molar-refractivity contribution in [2.75, 3.05) is 0 Å². The van der Waals surface area contributed by atoms with E-state index < -0.39 is 0 Å². The first kappa shape index (κ1) is 19.6. The minimum atomic E-state index is 0.176. The molecule has 5 aromatic carbocycles. The third-order valence-corrected chi connectivity index (χ3v) is 6.02. The molecule has 0 amide bonds. The normalized spacial score (nSPS) is 11.2. The Morgan fingerprint density at radius 3 is 2.00 bits per heavy atom. The fourth-order valence-corrected chi connectivity index (χ4v) is 4.46. The van der Waals surface area contributed by atoms with Gasteiger partial charge in [0, 0.05) is 16.7 Å². The number of aromatic nitrogens is 3. The van der Waals surface area contributed by atoms with Crippen LogP contribution in [0, 0.1) is 0 Å². The van der Waals surface area contributed by atoms with Gasteiger partial charge in [-0.2, -0.15) is 9.97 Å². The van der Waals surface area contributed by atoms with Gasteiger partial charge in [0.2, 0.25) is 5.28 Å². The quantitative estimate of drug-likeness (QED) is 0.279. The molecule has 0 atom stereocenters. The first-order valence-electron chi connectivity index (χ1n) is 10.7. The average molecular weight is 444 g/mol. The van der Waals surface area contributed by atoms with Gasteiger partial charge in [0.25, 0.3) is 0 Å². The summed E-state index contributed by atoms with van der Waals surface area (Å²) < 4.78 is 0. The van der Waals surface area contributed by atoms with Crippen molar-refractivity contribution in [3.8, 4) is 33.9 Å². The summed E-state index contributed by atoms with van der Waals surface area (Å²) in [4.78, 5) is 13.8. The van der Waals surface area contributed by atoms with E-state index in [1.807, 2.05) is 36.4 Å². The Morgan fingerprint density at radius 1 is 0.485 bits per heavy atom. The van der Waals surface area contributed by atoms with Crippen molar-refractivity contribution in [1.82, 2.24) is 15.0 Å². The molecule has 0 N–H and O–H groups in total. The van der Waals surface area contributed by atoms with Crippen molar-refractivity contribution < 1.29 is 0 Å². The molecule has 0 aliphatic rings. The maximum atomic E-state index is 6.42. The van der Waals surface area contributed by atoms with Crippen LogP contribution in [0.1, 0.15) is 0 Å². The predicted octanol–water partition coefficient (Wildman–Crippen LogP) is 7.83. The van der Waals surface area contributed by atoms with Crippen molar-refractivity contribution in [1.29, 1.82) is 0 Å². The summed E-state index contributed by atoms with van der Waals surface area (Å²) >= 11 is 6.42. The van der Waals surface area contributed by atoms with Crippen LogP contribution in [0.2, 0.25) is 5.28 Å². The fourth-order valence-electron chi connectivity index (χ4n) is 4.30. The number of hydrogen-bond acceptors (Lipinski definition) is 3. The largest absolute Gasteiger partial charge is 0.226 e. The van der Waals surface area contributed by atoms with Crippen molar-refractivity contribution in [2.24, 2.45) is 0 Å². The van der Waals surface area contributed by atoms with Crippen LogP contribution in [0.15, 0.2) is 109 Å². The van der Waals surface area contributed by atoms with E-state index >= 15 is 0 Å². The highest BCUT2D eigenvalue weighted by molar-refractivity contribution is 6.28. The highest BCUT2D eigenvalue weighted by atomic mass is 35.5. The summed E-state index contributed by atoms with van der Waals surface area (Å²) in [6.07, 6.45) is 0. The molecular formula is C29H18ClN3. The minimum Gasteiger partial charge on any atom is -0.208 e. The molecule has 3 nitrogen and oxygen atoms in total. The van der Waals surface area contributed by atoms with E-state index in [0.717, 1.165) is 38.4 Å². The van der Waals surface area contributed by atoms with E-state index in [-0.39, 0.29) is 5.28 Å². The molecule has 0 unspecified atom stereocenters. The lowest BCUT2D eigenvalue weighted by molar-refractivity contribution is 1.07. The Bertz CT molecular complexity index is 1630. The van der Waals surface area contributed by atoms with E-state index in [1.165, 1.54) is 5.39 Å². The second-order valence-corrected chi connectivity index (χ2v) is 8.23. The summed E-state index contributed by atoms with van der Waals surface area (Å²) in [6, 6.07) is 37.3. The smallest absolute Gasteiger partial charge is 0.208 e. The topological polar surface area (TPSA) is 38.7 Å². The summed E-state index contributed by atoms with van der Waals surface area (Å²) in [6.45, 7) is 0. The van der Waals surface area contributed by atoms with Gasteiger partial charge in [-0.3, -0.25) is 0 Å². The molecular weight excluding hydrogens is 426 g/mol. The Hall–Kier alpha value is -4.08. The zero-order chi connectivity index (χ0) is 22.2. The summed E-state index contributed by atoms with van der Waals surface area (Å²) in [7, 11) is 0. The third-order valence-electron chi connectivity index (χ3n) is 5.85. The number of hydrogen-bond donors (Lipinski definition) is 0. The second-order valence-electron chi connectivity index (χ2n) is 7.89. The van der Waals surface area contributed by atoms with Gasteiger partial charge >= 0.3 is 0 Å². The number of halogens is 1. The monoisotopic (exact) mass is 443 g/mol. The Morgan fingerprint density at radius 2 is 1.15 bits per heavy atom. The lowest BCUT2D eigenvalue weighted by atomic mass is 9.93. The molecule has 0 radical (unpaired) electrons. The van der Waals surface area contributed by atoms with Crippen LogP contribution in [0.3, 0.4) is 0 Å². The molecule has 0 saturated heterocycles. The zero-order valence-corrected chi connectivity index (χ0v) is 18.4. The van der Waals surface area contributed by atoms with Crippen molar-refractivity contribution in [2.45, 2.75) is 0 Å². The molecule has 1 aromatic heterocycles. The Balaban J connectivity index is 1.58. The number of nitrogens with zero attached hydrogens (tertiary/aromatic N) is 3. The van der Waals surface area contributed by atoms with Crippen LogP contribution in [0.25, 0.3) is 55.4 Å². The molecule has 0 saturated carbocycles. The SMILES string of the molecule is Clc1nc(-c2ccc3ccccc3c2)nc(-c2ccc3ccccc3c2-c2ccccc2)n1.